The summed E-state index contributed by atoms with van der Waals surface area (Å²) in [7, 11) is 1.69. The van der Waals surface area contributed by atoms with E-state index in [-0.39, 0.29) is 18.6 Å². The maximum Gasteiger partial charge on any atom is 0.360 e. The van der Waals surface area contributed by atoms with Crippen LogP contribution in [0.25, 0.3) is 11.3 Å². The fourth-order valence-electron chi connectivity index (χ4n) is 3.41. The van der Waals surface area contributed by atoms with Gasteiger partial charge >= 0.3 is 6.92 Å². The van der Waals surface area contributed by atoms with E-state index >= 15 is 0 Å². The number of nitrogens with zero attached hydrogens (tertiary/aromatic N) is 5. The summed E-state index contributed by atoms with van der Waals surface area (Å²) in [6.07, 6.45) is 1.31. The van der Waals surface area contributed by atoms with Crippen molar-refractivity contribution in [3.63, 3.8) is 0 Å². The monoisotopic (exact) mass is 392 g/mol. The van der Waals surface area contributed by atoms with Gasteiger partial charge in [-0.3, -0.25) is 4.68 Å². The van der Waals surface area contributed by atoms with E-state index in [4.69, 9.17) is 15.1 Å². The van der Waals surface area contributed by atoms with Gasteiger partial charge in [-0.2, -0.15) is 10.4 Å². The molecule has 0 aliphatic carbocycles. The highest BCUT2D eigenvalue weighted by Crippen LogP contribution is 2.35. The summed E-state index contributed by atoms with van der Waals surface area (Å²) < 4.78 is 27.4. The van der Waals surface area contributed by atoms with Crippen molar-refractivity contribution in [3.05, 3.63) is 47.2 Å². The first-order valence-electron chi connectivity index (χ1n) is 9.09. The lowest BCUT2D eigenvalue weighted by atomic mass is 9.65. The molecular formula is C19H18BFN6O2. The fraction of sp³-hybridized carbons (Fsp3) is 0.263. The van der Waals surface area contributed by atoms with Crippen molar-refractivity contribution < 1.29 is 13.8 Å². The first-order valence-corrected chi connectivity index (χ1v) is 9.09. The van der Waals surface area contributed by atoms with Crippen LogP contribution in [0.5, 0.6) is 11.6 Å². The second kappa shape index (κ2) is 7.09. The molecule has 0 saturated carbocycles. The molecule has 4 rings (SSSR count). The topological polar surface area (TPSA) is 112 Å². The number of aryl methyl sites for hydroxylation is 1. The molecule has 10 heteroatoms. The average molecular weight is 392 g/mol. The molecule has 1 aromatic carbocycles. The highest BCUT2D eigenvalue weighted by molar-refractivity contribution is 6.50. The third-order valence-electron chi connectivity index (χ3n) is 4.76. The van der Waals surface area contributed by atoms with E-state index in [1.807, 2.05) is 6.82 Å². The zero-order valence-electron chi connectivity index (χ0n) is 16.2. The van der Waals surface area contributed by atoms with Gasteiger partial charge in [0.25, 0.3) is 5.88 Å². The van der Waals surface area contributed by atoms with E-state index in [0.29, 0.717) is 40.3 Å². The normalized spacial score (nSPS) is 15.7. The minimum absolute atomic E-state index is 0.0915. The highest BCUT2D eigenvalue weighted by atomic mass is 19.1. The Balaban J connectivity index is 1.93. The standard InChI is InChI=1S/C19H18BFN6O2/c1-10-12-6-11(21)4-5-16(12)29-20(2)7-13-17(15(8-22)27(3)26-13)14-9-24-18(23)19(25-14)28-10/h4-6,9-10H,7H2,1-3H3,(H2,23,24). The largest absolute Gasteiger partial charge is 0.560 e. The Morgan fingerprint density at radius 2 is 2.21 bits per heavy atom. The van der Waals surface area contributed by atoms with Crippen LogP contribution in [0, 0.1) is 17.1 Å². The van der Waals surface area contributed by atoms with Crippen LogP contribution < -0.4 is 15.1 Å². The Morgan fingerprint density at radius 3 is 2.97 bits per heavy atom. The summed E-state index contributed by atoms with van der Waals surface area (Å²) in [5, 5.41) is 14.1. The molecule has 146 valence electrons. The van der Waals surface area contributed by atoms with Crippen molar-refractivity contribution in [2.75, 3.05) is 5.73 Å². The molecule has 2 bridgehead atoms. The molecule has 1 aliphatic heterocycles. The SMILES string of the molecule is CB1Cc2nn(C)c(C#N)c2-c2cnc(N)c(n2)OC(C)c2cc(F)ccc2O1. The van der Waals surface area contributed by atoms with Crippen molar-refractivity contribution in [3.8, 4) is 29.0 Å². The molecule has 8 nitrogen and oxygen atoms in total. The lowest BCUT2D eigenvalue weighted by Gasteiger charge is -2.22. The Morgan fingerprint density at radius 1 is 1.41 bits per heavy atom. The quantitative estimate of drug-likeness (QED) is 0.586. The summed E-state index contributed by atoms with van der Waals surface area (Å²) in [5.74, 6) is 0.278. The summed E-state index contributed by atoms with van der Waals surface area (Å²) in [4.78, 5) is 8.67. The maximum atomic E-state index is 13.9. The Kier molecular flexibility index (Phi) is 4.58. The van der Waals surface area contributed by atoms with Crippen LogP contribution in [-0.4, -0.2) is 26.7 Å². The Bertz CT molecular complexity index is 1140. The second-order valence-electron chi connectivity index (χ2n) is 6.93. The minimum Gasteiger partial charge on any atom is -0.560 e. The number of benzene rings is 1. The summed E-state index contributed by atoms with van der Waals surface area (Å²) in [6.45, 7) is 3.34. The molecule has 0 amide bonds. The van der Waals surface area contributed by atoms with Gasteiger partial charge in [-0.15, -0.1) is 0 Å². The van der Waals surface area contributed by atoms with Crippen LogP contribution in [0.3, 0.4) is 0 Å². The number of fused-ring (bicyclic) bond motifs is 5. The van der Waals surface area contributed by atoms with E-state index in [0.717, 1.165) is 0 Å². The molecule has 3 heterocycles. The number of nitriles is 1. The number of anilines is 1. The molecule has 1 unspecified atom stereocenters. The summed E-state index contributed by atoms with van der Waals surface area (Å²) in [6, 6.07) is 6.43. The number of rotatable bonds is 0. The Labute approximate surface area is 167 Å². The zero-order valence-corrected chi connectivity index (χ0v) is 16.2. The van der Waals surface area contributed by atoms with Gasteiger partial charge in [-0.05, 0) is 31.9 Å². The van der Waals surface area contributed by atoms with Gasteiger partial charge < -0.3 is 15.1 Å². The van der Waals surface area contributed by atoms with Crippen molar-refractivity contribution in [2.24, 2.45) is 7.05 Å². The number of aromatic nitrogens is 4. The molecule has 29 heavy (non-hydrogen) atoms. The van der Waals surface area contributed by atoms with Gasteiger partial charge in [0, 0.05) is 18.9 Å². The molecule has 3 aromatic rings. The number of hydrogen-bond donors (Lipinski definition) is 1. The van der Waals surface area contributed by atoms with Gasteiger partial charge in [-0.1, -0.05) is 0 Å². The molecule has 0 radical (unpaired) electrons. The van der Waals surface area contributed by atoms with Crippen molar-refractivity contribution in [1.82, 2.24) is 19.7 Å². The van der Waals surface area contributed by atoms with Crippen LogP contribution in [0.15, 0.2) is 24.4 Å². The first-order chi connectivity index (χ1) is 13.9. The Hall–Kier alpha value is -3.61. The number of nitrogen functional groups attached to an aromatic ring is 1. The molecule has 0 saturated heterocycles. The van der Waals surface area contributed by atoms with Crippen LogP contribution in [-0.2, 0) is 13.4 Å². The lowest BCUT2D eigenvalue weighted by molar-refractivity contribution is 0.215. The third-order valence-corrected chi connectivity index (χ3v) is 4.76. The van der Waals surface area contributed by atoms with E-state index in [9.17, 15) is 9.65 Å². The van der Waals surface area contributed by atoms with Crippen LogP contribution in [0.2, 0.25) is 6.82 Å². The molecule has 0 fully saturated rings. The van der Waals surface area contributed by atoms with Crippen molar-refractivity contribution in [2.45, 2.75) is 26.2 Å². The van der Waals surface area contributed by atoms with E-state index in [1.54, 1.807) is 20.0 Å². The van der Waals surface area contributed by atoms with Crippen molar-refractivity contribution in [1.29, 1.82) is 5.26 Å². The maximum absolute atomic E-state index is 13.9. The average Bonchev–Trinajstić information content (AvgIpc) is 2.98. The van der Waals surface area contributed by atoms with Gasteiger partial charge in [0.15, 0.2) is 5.82 Å². The van der Waals surface area contributed by atoms with Crippen LogP contribution in [0.4, 0.5) is 10.2 Å². The number of halogens is 1. The summed E-state index contributed by atoms with van der Waals surface area (Å²) >= 11 is 0. The van der Waals surface area contributed by atoms with Gasteiger partial charge in [0.2, 0.25) is 0 Å². The van der Waals surface area contributed by atoms with Crippen LogP contribution in [0.1, 0.15) is 30.0 Å². The van der Waals surface area contributed by atoms with Gasteiger partial charge in [0.05, 0.1) is 23.1 Å². The first kappa shape index (κ1) is 18.7. The smallest absolute Gasteiger partial charge is 0.360 e. The van der Waals surface area contributed by atoms with Gasteiger partial charge in [-0.25, -0.2) is 14.4 Å². The van der Waals surface area contributed by atoms with Gasteiger partial charge in [0.1, 0.15) is 29.4 Å². The fourth-order valence-corrected chi connectivity index (χ4v) is 3.41. The zero-order chi connectivity index (χ0) is 20.7. The van der Waals surface area contributed by atoms with E-state index in [1.165, 1.54) is 23.0 Å². The van der Waals surface area contributed by atoms with Crippen molar-refractivity contribution >= 4 is 12.7 Å². The number of ether oxygens (including phenoxy) is 1. The molecular weight excluding hydrogens is 374 g/mol. The molecule has 1 atom stereocenters. The predicted octanol–water partition coefficient (Wildman–Crippen LogP) is 2.71. The molecule has 2 N–H and O–H groups in total. The number of hydrogen-bond acceptors (Lipinski definition) is 7. The second-order valence-corrected chi connectivity index (χ2v) is 6.93. The number of nitrogens with two attached hydrogens (primary N) is 1. The molecule has 2 aromatic heterocycles. The molecule has 0 spiro atoms. The van der Waals surface area contributed by atoms with E-state index in [2.05, 4.69) is 21.1 Å². The minimum atomic E-state index is -0.594. The lowest BCUT2D eigenvalue weighted by Crippen LogP contribution is -2.23. The van der Waals surface area contributed by atoms with Crippen LogP contribution >= 0.6 is 0 Å². The van der Waals surface area contributed by atoms with E-state index < -0.39 is 11.9 Å². The highest BCUT2D eigenvalue weighted by Gasteiger charge is 2.27. The predicted molar refractivity (Wildman–Crippen MR) is 105 cm³/mol. The third kappa shape index (κ3) is 3.35. The molecule has 1 aliphatic rings. The summed E-state index contributed by atoms with van der Waals surface area (Å²) in [5.41, 5.74) is 8.46.